The average molecular weight is 489 g/mol. The van der Waals surface area contributed by atoms with Gasteiger partial charge in [-0.15, -0.1) is 11.3 Å². The monoisotopic (exact) mass is 488 g/mol. The SMILES string of the molecule is COc1ccc(C2C3=C(OC4CCC(Br)CC4C3=O)C(=O)N2c2nc(C)cs2)cc1. The Morgan fingerprint density at radius 1 is 1.23 bits per heavy atom. The smallest absolute Gasteiger partial charge is 0.296 e. The number of amides is 1. The van der Waals surface area contributed by atoms with Crippen LogP contribution in [0.1, 0.15) is 36.6 Å². The molecule has 0 bridgehead atoms. The standard InChI is InChI=1S/C22H21BrN2O4S/c1-11-10-30-22(24-11)25-18(12-3-6-14(28-2)7-4-12)17-19(26)15-9-13(23)5-8-16(15)29-20(17)21(25)27/h3-4,6-7,10,13,15-16,18H,5,8-9H2,1-2H3. The Balaban J connectivity index is 1.63. The second-order valence-corrected chi connectivity index (χ2v) is 10.0. The van der Waals surface area contributed by atoms with E-state index in [4.69, 9.17) is 9.47 Å². The van der Waals surface area contributed by atoms with Gasteiger partial charge in [0.15, 0.2) is 16.7 Å². The number of anilines is 1. The van der Waals surface area contributed by atoms with Crippen molar-refractivity contribution in [2.75, 3.05) is 12.0 Å². The predicted molar refractivity (Wildman–Crippen MR) is 117 cm³/mol. The van der Waals surface area contributed by atoms with Gasteiger partial charge in [-0.25, -0.2) is 4.98 Å². The summed E-state index contributed by atoms with van der Waals surface area (Å²) in [5.74, 6) is 0.425. The number of thiazole rings is 1. The van der Waals surface area contributed by atoms with E-state index in [9.17, 15) is 9.59 Å². The molecule has 3 aliphatic rings. The van der Waals surface area contributed by atoms with Gasteiger partial charge < -0.3 is 9.47 Å². The van der Waals surface area contributed by atoms with Crippen LogP contribution in [0.2, 0.25) is 0 Å². The Morgan fingerprint density at radius 3 is 2.67 bits per heavy atom. The first kappa shape index (κ1) is 19.8. The first-order valence-electron chi connectivity index (χ1n) is 9.96. The van der Waals surface area contributed by atoms with Crippen molar-refractivity contribution in [3.8, 4) is 5.75 Å². The number of carbonyl (C=O) groups excluding carboxylic acids is 2. The van der Waals surface area contributed by atoms with E-state index in [-0.39, 0.29) is 29.5 Å². The van der Waals surface area contributed by atoms with Crippen molar-refractivity contribution >= 4 is 44.1 Å². The molecule has 6 nitrogen and oxygen atoms in total. The minimum atomic E-state index is -0.548. The van der Waals surface area contributed by atoms with Gasteiger partial charge >= 0.3 is 0 Å². The van der Waals surface area contributed by atoms with Crippen molar-refractivity contribution in [1.82, 2.24) is 4.98 Å². The summed E-state index contributed by atoms with van der Waals surface area (Å²) >= 11 is 5.06. The maximum atomic E-state index is 13.6. The van der Waals surface area contributed by atoms with E-state index < -0.39 is 6.04 Å². The number of aromatic nitrogens is 1. The first-order valence-corrected chi connectivity index (χ1v) is 11.8. The molecule has 0 spiro atoms. The molecule has 5 rings (SSSR count). The fourth-order valence-corrected chi connectivity index (χ4v) is 6.06. The number of benzene rings is 1. The molecule has 3 heterocycles. The highest BCUT2D eigenvalue weighted by Crippen LogP contribution is 2.49. The third kappa shape index (κ3) is 3.08. The molecule has 30 heavy (non-hydrogen) atoms. The Labute approximate surface area is 187 Å². The summed E-state index contributed by atoms with van der Waals surface area (Å²) in [6, 6.07) is 6.93. The molecule has 1 aliphatic carbocycles. The Bertz CT molecular complexity index is 1050. The van der Waals surface area contributed by atoms with Crippen molar-refractivity contribution in [2.45, 2.75) is 43.2 Å². The van der Waals surface area contributed by atoms with Crippen LogP contribution in [0, 0.1) is 12.8 Å². The normalized spacial score (nSPS) is 28.3. The molecule has 1 aromatic heterocycles. The number of alkyl halides is 1. The highest BCUT2D eigenvalue weighted by molar-refractivity contribution is 9.09. The summed E-state index contributed by atoms with van der Waals surface area (Å²) < 4.78 is 11.5. The molecule has 1 amide bonds. The van der Waals surface area contributed by atoms with E-state index in [1.54, 1.807) is 12.0 Å². The highest BCUT2D eigenvalue weighted by Gasteiger charge is 2.53. The van der Waals surface area contributed by atoms with Crippen molar-refractivity contribution in [1.29, 1.82) is 0 Å². The number of hydrogen-bond donors (Lipinski definition) is 0. The largest absolute Gasteiger partial charge is 0.497 e. The first-order chi connectivity index (χ1) is 14.5. The van der Waals surface area contributed by atoms with Gasteiger partial charge in [0.25, 0.3) is 5.91 Å². The van der Waals surface area contributed by atoms with Crippen molar-refractivity contribution < 1.29 is 19.1 Å². The van der Waals surface area contributed by atoms with Gasteiger partial charge in [0.1, 0.15) is 11.9 Å². The molecule has 4 unspecified atom stereocenters. The third-order valence-electron chi connectivity index (χ3n) is 6.03. The number of aryl methyl sites for hydroxylation is 1. The van der Waals surface area contributed by atoms with Crippen LogP contribution in [0.25, 0.3) is 0 Å². The zero-order valence-electron chi connectivity index (χ0n) is 16.6. The number of hydrogen-bond acceptors (Lipinski definition) is 6. The maximum absolute atomic E-state index is 13.6. The van der Waals surface area contributed by atoms with Gasteiger partial charge in [-0.3, -0.25) is 14.5 Å². The van der Waals surface area contributed by atoms with Crippen LogP contribution < -0.4 is 9.64 Å². The van der Waals surface area contributed by atoms with Crippen molar-refractivity contribution in [3.63, 3.8) is 0 Å². The van der Waals surface area contributed by atoms with Gasteiger partial charge in [-0.2, -0.15) is 0 Å². The lowest BCUT2D eigenvalue weighted by molar-refractivity contribution is -0.131. The molecule has 2 aromatic rings. The van der Waals surface area contributed by atoms with Crippen LogP contribution in [0.3, 0.4) is 0 Å². The predicted octanol–water partition coefficient (Wildman–Crippen LogP) is 4.33. The molecule has 156 valence electrons. The molecular formula is C22H21BrN2O4S. The third-order valence-corrected chi connectivity index (χ3v) is 7.82. The van der Waals surface area contributed by atoms with Gasteiger partial charge in [0.2, 0.25) is 0 Å². The number of ether oxygens (including phenoxy) is 2. The molecule has 1 aromatic carbocycles. The van der Waals surface area contributed by atoms with Crippen LogP contribution in [0.15, 0.2) is 41.0 Å². The molecule has 1 saturated carbocycles. The lowest BCUT2D eigenvalue weighted by Gasteiger charge is -2.37. The minimum absolute atomic E-state index is 0.0235. The number of fused-ring (bicyclic) bond motifs is 1. The molecule has 2 aliphatic heterocycles. The number of methoxy groups -OCH3 is 1. The molecule has 4 atom stereocenters. The zero-order valence-corrected chi connectivity index (χ0v) is 19.0. The highest BCUT2D eigenvalue weighted by atomic mass is 79.9. The number of nitrogens with zero attached hydrogens (tertiary/aromatic N) is 2. The van der Waals surface area contributed by atoms with E-state index in [2.05, 4.69) is 20.9 Å². The molecule has 0 N–H and O–H groups in total. The quantitative estimate of drug-likeness (QED) is 0.601. The Kier molecular flexibility index (Phi) is 4.94. The number of halogens is 1. The van der Waals surface area contributed by atoms with Crippen LogP contribution in [-0.2, 0) is 14.3 Å². The minimum Gasteiger partial charge on any atom is -0.497 e. The lowest BCUT2D eigenvalue weighted by Crippen LogP contribution is -2.41. The fourth-order valence-electron chi connectivity index (χ4n) is 4.57. The molecule has 1 fully saturated rings. The number of ketones is 1. The molecule has 8 heteroatoms. The van der Waals surface area contributed by atoms with E-state index in [0.29, 0.717) is 15.5 Å². The fraction of sp³-hybridized carbons (Fsp3) is 0.409. The molecule has 0 radical (unpaired) electrons. The summed E-state index contributed by atoms with van der Waals surface area (Å²) in [7, 11) is 1.61. The van der Waals surface area contributed by atoms with Gasteiger partial charge in [-0.1, -0.05) is 28.1 Å². The second-order valence-electron chi connectivity index (χ2n) is 7.90. The van der Waals surface area contributed by atoms with Crippen molar-refractivity contribution in [2.24, 2.45) is 5.92 Å². The van der Waals surface area contributed by atoms with E-state index in [1.807, 2.05) is 36.6 Å². The molecule has 0 saturated heterocycles. The van der Waals surface area contributed by atoms with Gasteiger partial charge in [0.05, 0.1) is 30.3 Å². The summed E-state index contributed by atoms with van der Waals surface area (Å²) in [5, 5.41) is 2.48. The van der Waals surface area contributed by atoms with E-state index >= 15 is 0 Å². The summed E-state index contributed by atoms with van der Waals surface area (Å²) in [6.07, 6.45) is 2.19. The zero-order chi connectivity index (χ0) is 21.0. The van der Waals surface area contributed by atoms with Crippen LogP contribution in [-0.4, -0.2) is 34.7 Å². The topological polar surface area (TPSA) is 68.7 Å². The molecular weight excluding hydrogens is 468 g/mol. The number of rotatable bonds is 3. The Hall–Kier alpha value is -2.19. The van der Waals surface area contributed by atoms with Gasteiger partial charge in [-0.05, 0) is 43.9 Å². The van der Waals surface area contributed by atoms with Crippen LogP contribution in [0.5, 0.6) is 5.75 Å². The van der Waals surface area contributed by atoms with Gasteiger partial charge in [0, 0.05) is 10.2 Å². The summed E-state index contributed by atoms with van der Waals surface area (Å²) in [4.78, 5) is 33.6. The van der Waals surface area contributed by atoms with E-state index in [0.717, 1.165) is 36.3 Å². The Morgan fingerprint density at radius 2 is 2.00 bits per heavy atom. The summed E-state index contributed by atoms with van der Waals surface area (Å²) in [6.45, 7) is 1.89. The maximum Gasteiger partial charge on any atom is 0.296 e. The summed E-state index contributed by atoms with van der Waals surface area (Å²) in [5.41, 5.74) is 2.13. The second kappa shape index (κ2) is 7.50. The lowest BCUT2D eigenvalue weighted by atomic mass is 9.77. The van der Waals surface area contributed by atoms with E-state index in [1.165, 1.54) is 11.3 Å². The van der Waals surface area contributed by atoms with Crippen LogP contribution in [0.4, 0.5) is 5.13 Å². The average Bonchev–Trinajstić information content (AvgIpc) is 3.30. The van der Waals surface area contributed by atoms with Crippen molar-refractivity contribution in [3.05, 3.63) is 52.2 Å². The number of carbonyl (C=O) groups is 2. The number of Topliss-reactive ketones (excluding diaryl/α,β-unsaturated/α-hetero) is 1. The van der Waals surface area contributed by atoms with Crippen LogP contribution >= 0.6 is 27.3 Å².